The minimum Gasteiger partial charge on any atom is -0.487 e. The van der Waals surface area contributed by atoms with E-state index in [1.54, 1.807) is 12.1 Å². The van der Waals surface area contributed by atoms with Gasteiger partial charge >= 0.3 is 0 Å². The van der Waals surface area contributed by atoms with Gasteiger partial charge in [0, 0.05) is 17.5 Å². The molecule has 5 nitrogen and oxygen atoms in total. The Balaban J connectivity index is 1.72. The van der Waals surface area contributed by atoms with E-state index in [1.165, 1.54) is 11.9 Å². The minimum atomic E-state index is -0.604. The van der Waals surface area contributed by atoms with Crippen molar-refractivity contribution in [2.45, 2.75) is 20.1 Å². The van der Waals surface area contributed by atoms with Gasteiger partial charge in [-0.25, -0.2) is 0 Å². The molecule has 1 aliphatic heterocycles. The van der Waals surface area contributed by atoms with E-state index in [0.29, 0.717) is 16.7 Å². The van der Waals surface area contributed by atoms with E-state index >= 15 is 0 Å². The van der Waals surface area contributed by atoms with Gasteiger partial charge in [-0.2, -0.15) is 5.01 Å². The summed E-state index contributed by atoms with van der Waals surface area (Å²) in [6.07, 6.45) is -0.604. The summed E-state index contributed by atoms with van der Waals surface area (Å²) in [7, 11) is 0. The summed E-state index contributed by atoms with van der Waals surface area (Å²) in [5, 5.41) is 6.21. The highest BCUT2D eigenvalue weighted by Crippen LogP contribution is 2.24. The third-order valence-corrected chi connectivity index (χ3v) is 3.82. The van der Waals surface area contributed by atoms with Gasteiger partial charge < -0.3 is 9.47 Å². The van der Waals surface area contributed by atoms with Crippen molar-refractivity contribution in [3.63, 3.8) is 0 Å². The number of carbonyl (C=O) groups is 1. The zero-order chi connectivity index (χ0) is 17.1. The lowest BCUT2D eigenvalue weighted by Gasteiger charge is -2.20. The summed E-state index contributed by atoms with van der Waals surface area (Å²) in [4.78, 5) is 11.8. The Bertz CT molecular complexity index is 777. The number of hydrazone groups is 1. The minimum absolute atomic E-state index is 0.169. The standard InChI is InChI=1S/C18H17ClN2O3/c1-12-10-15(19)8-9-16(12)23-11-17-21(13(2)22)20-18(24-17)14-6-4-3-5-7-14/h3-10,17H,11H2,1-2H3. The van der Waals surface area contributed by atoms with Crippen molar-refractivity contribution in [1.82, 2.24) is 5.01 Å². The van der Waals surface area contributed by atoms with Crippen LogP contribution >= 0.6 is 11.6 Å². The summed E-state index contributed by atoms with van der Waals surface area (Å²) in [6, 6.07) is 14.8. The first kappa shape index (κ1) is 16.3. The van der Waals surface area contributed by atoms with Crippen molar-refractivity contribution in [1.29, 1.82) is 0 Å². The topological polar surface area (TPSA) is 51.1 Å². The monoisotopic (exact) mass is 344 g/mol. The van der Waals surface area contributed by atoms with Gasteiger partial charge in [-0.1, -0.05) is 29.8 Å². The van der Waals surface area contributed by atoms with Crippen molar-refractivity contribution in [2.24, 2.45) is 5.10 Å². The number of nitrogens with zero attached hydrogens (tertiary/aromatic N) is 2. The molecule has 1 atom stereocenters. The number of halogens is 1. The number of aryl methyl sites for hydroxylation is 1. The Morgan fingerprint density at radius 2 is 2.04 bits per heavy atom. The summed E-state index contributed by atoms with van der Waals surface area (Å²) in [5.41, 5.74) is 1.73. The molecule has 0 aliphatic carbocycles. The second-order valence-electron chi connectivity index (χ2n) is 5.43. The first-order chi connectivity index (χ1) is 11.5. The molecule has 1 aliphatic rings. The number of hydrogen-bond acceptors (Lipinski definition) is 4. The van der Waals surface area contributed by atoms with Crippen molar-refractivity contribution >= 4 is 23.4 Å². The van der Waals surface area contributed by atoms with E-state index in [1.807, 2.05) is 43.3 Å². The number of ether oxygens (including phenoxy) is 2. The largest absolute Gasteiger partial charge is 0.487 e. The van der Waals surface area contributed by atoms with Crippen LogP contribution in [0.5, 0.6) is 5.75 Å². The van der Waals surface area contributed by atoms with E-state index < -0.39 is 6.23 Å². The highest BCUT2D eigenvalue weighted by Gasteiger charge is 2.32. The Hall–Kier alpha value is -2.53. The Morgan fingerprint density at radius 3 is 2.71 bits per heavy atom. The highest BCUT2D eigenvalue weighted by atomic mass is 35.5. The first-order valence-corrected chi connectivity index (χ1v) is 7.92. The number of rotatable bonds is 4. The SMILES string of the molecule is CC(=O)N1N=C(c2ccccc2)OC1COc1ccc(Cl)cc1C. The van der Waals surface area contributed by atoms with Crippen molar-refractivity contribution in [2.75, 3.05) is 6.61 Å². The number of amides is 1. The van der Waals surface area contributed by atoms with Gasteiger partial charge in [0.25, 0.3) is 0 Å². The average molecular weight is 345 g/mol. The molecule has 24 heavy (non-hydrogen) atoms. The lowest BCUT2D eigenvalue weighted by Crippen LogP contribution is -2.36. The smallest absolute Gasteiger partial charge is 0.243 e. The second kappa shape index (κ2) is 6.93. The van der Waals surface area contributed by atoms with Gasteiger partial charge in [0.2, 0.25) is 18.0 Å². The molecule has 1 heterocycles. The third-order valence-electron chi connectivity index (χ3n) is 3.58. The predicted molar refractivity (Wildman–Crippen MR) is 92.1 cm³/mol. The molecule has 0 N–H and O–H groups in total. The molecular weight excluding hydrogens is 328 g/mol. The van der Waals surface area contributed by atoms with E-state index in [4.69, 9.17) is 21.1 Å². The van der Waals surface area contributed by atoms with Crippen LogP contribution < -0.4 is 4.74 Å². The van der Waals surface area contributed by atoms with Crippen LogP contribution in [-0.4, -0.2) is 29.6 Å². The van der Waals surface area contributed by atoms with Gasteiger partial charge in [-0.15, -0.1) is 5.10 Å². The van der Waals surface area contributed by atoms with Crippen LogP contribution in [0.1, 0.15) is 18.1 Å². The maximum absolute atomic E-state index is 11.8. The van der Waals surface area contributed by atoms with Gasteiger partial charge in [-0.3, -0.25) is 4.79 Å². The molecule has 0 spiro atoms. The normalized spacial score (nSPS) is 16.5. The third kappa shape index (κ3) is 3.51. The fourth-order valence-electron chi connectivity index (χ4n) is 2.38. The molecule has 3 rings (SSSR count). The molecule has 124 valence electrons. The highest BCUT2D eigenvalue weighted by molar-refractivity contribution is 6.30. The summed E-state index contributed by atoms with van der Waals surface area (Å²) < 4.78 is 11.6. The van der Waals surface area contributed by atoms with E-state index in [0.717, 1.165) is 11.1 Å². The van der Waals surface area contributed by atoms with Crippen LogP contribution in [0, 0.1) is 6.92 Å². The van der Waals surface area contributed by atoms with Gasteiger partial charge in [0.15, 0.2) is 0 Å². The van der Waals surface area contributed by atoms with Crippen molar-refractivity contribution in [3.05, 3.63) is 64.7 Å². The fraction of sp³-hybridized carbons (Fsp3) is 0.222. The molecule has 1 unspecified atom stereocenters. The molecule has 6 heteroatoms. The number of carbonyl (C=O) groups excluding carboxylic acids is 1. The Kier molecular flexibility index (Phi) is 4.71. The Labute approximate surface area is 145 Å². The van der Waals surface area contributed by atoms with Crippen molar-refractivity contribution < 1.29 is 14.3 Å². The molecule has 0 aromatic heterocycles. The van der Waals surface area contributed by atoms with Crippen LogP contribution in [-0.2, 0) is 9.53 Å². The van der Waals surface area contributed by atoms with Gasteiger partial charge in [0.1, 0.15) is 12.4 Å². The molecule has 0 saturated carbocycles. The zero-order valence-electron chi connectivity index (χ0n) is 13.4. The van der Waals surface area contributed by atoms with Crippen LogP contribution in [0.25, 0.3) is 0 Å². The van der Waals surface area contributed by atoms with E-state index in [2.05, 4.69) is 5.10 Å². The summed E-state index contributed by atoms with van der Waals surface area (Å²) >= 11 is 5.94. The number of benzene rings is 2. The quantitative estimate of drug-likeness (QED) is 0.851. The van der Waals surface area contributed by atoms with Crippen molar-refractivity contribution in [3.8, 4) is 5.75 Å². The molecular formula is C18H17ClN2O3. The van der Waals surface area contributed by atoms with Crippen LogP contribution in [0.15, 0.2) is 53.6 Å². The molecule has 0 bridgehead atoms. The first-order valence-electron chi connectivity index (χ1n) is 7.54. The molecule has 2 aromatic rings. The Morgan fingerprint density at radius 1 is 1.29 bits per heavy atom. The van der Waals surface area contributed by atoms with Crippen LogP contribution in [0.4, 0.5) is 0 Å². The van der Waals surface area contributed by atoms with Crippen LogP contribution in [0.2, 0.25) is 5.02 Å². The second-order valence-corrected chi connectivity index (χ2v) is 5.86. The molecule has 0 radical (unpaired) electrons. The molecule has 0 fully saturated rings. The lowest BCUT2D eigenvalue weighted by atomic mass is 10.2. The fourth-order valence-corrected chi connectivity index (χ4v) is 2.61. The average Bonchev–Trinajstić information content (AvgIpc) is 2.99. The maximum Gasteiger partial charge on any atom is 0.243 e. The summed E-state index contributed by atoms with van der Waals surface area (Å²) in [5.74, 6) is 0.897. The van der Waals surface area contributed by atoms with E-state index in [-0.39, 0.29) is 12.5 Å². The van der Waals surface area contributed by atoms with E-state index in [9.17, 15) is 4.79 Å². The maximum atomic E-state index is 11.8. The van der Waals surface area contributed by atoms with Gasteiger partial charge in [0.05, 0.1) is 0 Å². The molecule has 1 amide bonds. The lowest BCUT2D eigenvalue weighted by molar-refractivity contribution is -0.136. The molecule has 0 saturated heterocycles. The van der Waals surface area contributed by atoms with Gasteiger partial charge in [-0.05, 0) is 42.8 Å². The zero-order valence-corrected chi connectivity index (χ0v) is 14.2. The summed E-state index contributed by atoms with van der Waals surface area (Å²) in [6.45, 7) is 3.52. The predicted octanol–water partition coefficient (Wildman–Crippen LogP) is 3.59. The molecule has 2 aromatic carbocycles. The van der Waals surface area contributed by atoms with Crippen LogP contribution in [0.3, 0.4) is 0 Å². The number of hydrogen-bond donors (Lipinski definition) is 0.